The lowest BCUT2D eigenvalue weighted by Gasteiger charge is -2.08. The van der Waals surface area contributed by atoms with Crippen LogP contribution in [0.1, 0.15) is 32.1 Å². The molecule has 11 heteroatoms. The lowest BCUT2D eigenvalue weighted by molar-refractivity contribution is -0.141. The Bertz CT molecular complexity index is 418. The van der Waals surface area contributed by atoms with Crippen molar-refractivity contribution in [1.29, 1.82) is 0 Å². The molecule has 0 spiro atoms. The van der Waals surface area contributed by atoms with Crippen LogP contribution >= 0.6 is 22.6 Å². The van der Waals surface area contributed by atoms with Crippen molar-refractivity contribution >= 4 is 28.6 Å². The first-order valence-electron chi connectivity index (χ1n) is 12.6. The molecule has 0 radical (unpaired) electrons. The van der Waals surface area contributed by atoms with Gasteiger partial charge in [0.15, 0.2) is 0 Å². The quantitative estimate of drug-likeness (QED) is 0.0515. The monoisotopic (exact) mass is 622 g/mol. The number of unbranched alkanes of at least 4 members (excludes halogenated alkanes) is 3. The van der Waals surface area contributed by atoms with Crippen LogP contribution in [0.5, 0.6) is 0 Å². The van der Waals surface area contributed by atoms with Crippen molar-refractivity contribution < 1.29 is 47.4 Å². The second kappa shape index (κ2) is 31.9. The van der Waals surface area contributed by atoms with Gasteiger partial charge in [0.05, 0.1) is 113 Å². The van der Waals surface area contributed by atoms with E-state index < -0.39 is 0 Å². The Balaban J connectivity index is 3.02. The third-order valence-corrected chi connectivity index (χ3v) is 5.22. The minimum atomic E-state index is -0.279. The second-order valence-electron chi connectivity index (χ2n) is 7.33. The van der Waals surface area contributed by atoms with Gasteiger partial charge in [0.2, 0.25) is 0 Å². The molecule has 210 valence electrons. The molecule has 35 heavy (non-hydrogen) atoms. The minimum absolute atomic E-state index is 0.254. The van der Waals surface area contributed by atoms with Crippen molar-refractivity contribution in [2.75, 3.05) is 117 Å². The molecular formula is C24H47IO10. The van der Waals surface area contributed by atoms with Crippen LogP contribution in [0.3, 0.4) is 0 Å². The molecular weight excluding hydrogens is 575 g/mol. The third-order valence-electron chi connectivity index (χ3n) is 4.45. The summed E-state index contributed by atoms with van der Waals surface area (Å²) in [6, 6.07) is 0. The number of rotatable bonds is 30. The Hall–Kier alpha value is -0.120. The predicted molar refractivity (Wildman–Crippen MR) is 141 cm³/mol. The average Bonchev–Trinajstić information content (AvgIpc) is 2.87. The van der Waals surface area contributed by atoms with Crippen molar-refractivity contribution in [3.05, 3.63) is 0 Å². The van der Waals surface area contributed by atoms with Crippen LogP contribution in [-0.2, 0) is 47.4 Å². The van der Waals surface area contributed by atoms with Crippen LogP contribution < -0.4 is 0 Å². The Morgan fingerprint density at radius 3 is 1.11 bits per heavy atom. The number of methoxy groups -OCH3 is 1. The summed E-state index contributed by atoms with van der Waals surface area (Å²) in [7, 11) is 1.36. The van der Waals surface area contributed by atoms with E-state index in [-0.39, 0.29) is 12.4 Å². The Kier molecular flexibility index (Phi) is 31.8. The molecule has 10 nitrogen and oxygen atoms in total. The highest BCUT2D eigenvalue weighted by Crippen LogP contribution is 2.02. The van der Waals surface area contributed by atoms with Gasteiger partial charge in [-0.25, -0.2) is 0 Å². The van der Waals surface area contributed by atoms with Gasteiger partial charge >= 0.3 is 5.97 Å². The molecule has 0 saturated carbocycles. The highest BCUT2D eigenvalue weighted by Gasteiger charge is 1.99. The number of ether oxygens (including phenoxy) is 9. The average molecular weight is 623 g/mol. The van der Waals surface area contributed by atoms with Gasteiger partial charge in [-0.2, -0.15) is 0 Å². The summed E-state index contributed by atoms with van der Waals surface area (Å²) < 4.78 is 49.1. The van der Waals surface area contributed by atoms with Gasteiger partial charge in [0.1, 0.15) is 0 Å². The third kappa shape index (κ3) is 31.9. The highest BCUT2D eigenvalue weighted by atomic mass is 127. The van der Waals surface area contributed by atoms with E-state index in [9.17, 15) is 4.79 Å². The first kappa shape index (κ1) is 34.9. The largest absolute Gasteiger partial charge is 0.469 e. The van der Waals surface area contributed by atoms with Crippen molar-refractivity contribution in [2.45, 2.75) is 32.1 Å². The lowest BCUT2D eigenvalue weighted by atomic mass is 10.2. The maximum Gasteiger partial charge on any atom is 0.307 e. The second-order valence-corrected chi connectivity index (χ2v) is 8.41. The highest BCUT2D eigenvalue weighted by molar-refractivity contribution is 14.1. The topological polar surface area (TPSA) is 100 Å². The molecule has 0 aliphatic heterocycles. The molecule has 0 unspecified atom stereocenters. The molecule has 0 aromatic rings. The molecule has 0 amide bonds. The van der Waals surface area contributed by atoms with Crippen LogP contribution in [0.15, 0.2) is 0 Å². The van der Waals surface area contributed by atoms with Crippen LogP contribution in [0.25, 0.3) is 0 Å². The van der Waals surface area contributed by atoms with E-state index in [1.54, 1.807) is 0 Å². The van der Waals surface area contributed by atoms with Gasteiger partial charge in [-0.1, -0.05) is 35.4 Å². The molecule has 0 aliphatic carbocycles. The van der Waals surface area contributed by atoms with Gasteiger partial charge in [-0.3, -0.25) is 4.79 Å². The summed E-state index contributed by atoms with van der Waals surface area (Å²) in [5, 5.41) is 0. The molecule has 0 aromatic carbocycles. The van der Waals surface area contributed by atoms with Gasteiger partial charge < -0.3 is 42.6 Å². The van der Waals surface area contributed by atoms with Crippen LogP contribution in [0.2, 0.25) is 0 Å². The Labute approximate surface area is 225 Å². The summed E-state index contributed by atoms with van der Waals surface area (Å²) in [4.78, 5) is 10.9. The number of carbonyl (C=O) groups excluding carboxylic acids is 1. The number of esters is 1. The number of hydrogen-bond donors (Lipinski definition) is 0. The fourth-order valence-corrected chi connectivity index (χ4v) is 3.09. The Morgan fingerprint density at radius 2 is 0.771 bits per heavy atom. The first-order valence-corrected chi connectivity index (χ1v) is 14.1. The zero-order valence-electron chi connectivity index (χ0n) is 21.5. The van der Waals surface area contributed by atoms with Gasteiger partial charge in [-0.05, 0) is 17.3 Å². The molecule has 0 saturated heterocycles. The van der Waals surface area contributed by atoms with Crippen molar-refractivity contribution in [3.63, 3.8) is 0 Å². The van der Waals surface area contributed by atoms with Crippen LogP contribution in [-0.4, -0.2) is 123 Å². The van der Waals surface area contributed by atoms with Crippen molar-refractivity contribution in [1.82, 2.24) is 0 Å². The fraction of sp³-hybridized carbons (Fsp3) is 0.958. The molecule has 0 N–H and O–H groups in total. The number of alkyl halides is 1. The fourth-order valence-electron chi connectivity index (χ4n) is 2.55. The maximum absolute atomic E-state index is 10.9. The first-order chi connectivity index (χ1) is 17.3. The zero-order valence-corrected chi connectivity index (χ0v) is 23.7. The van der Waals surface area contributed by atoms with Crippen LogP contribution in [0, 0.1) is 0 Å². The standard InChI is InChI=1S/C24H47IO10/c1-27-24(26)6-9-29-11-13-31-15-17-33-19-21-35-23-22-34-20-18-32-16-14-30-12-10-28-8-5-3-2-4-7-25/h2-23H2,1H3. The molecule has 0 heterocycles. The Morgan fingerprint density at radius 1 is 0.457 bits per heavy atom. The van der Waals surface area contributed by atoms with E-state index in [4.69, 9.17) is 37.9 Å². The molecule has 0 aromatic heterocycles. The number of carbonyl (C=O) groups is 1. The number of hydrogen-bond acceptors (Lipinski definition) is 10. The van der Waals surface area contributed by atoms with E-state index in [0.717, 1.165) is 13.0 Å². The van der Waals surface area contributed by atoms with Crippen molar-refractivity contribution in [2.24, 2.45) is 0 Å². The molecule has 0 atom stereocenters. The normalized spacial score (nSPS) is 11.3. The molecule has 0 rings (SSSR count). The van der Waals surface area contributed by atoms with Gasteiger partial charge in [-0.15, -0.1) is 0 Å². The summed E-state index contributed by atoms with van der Waals surface area (Å²) >= 11 is 2.42. The molecule has 0 bridgehead atoms. The lowest BCUT2D eigenvalue weighted by Crippen LogP contribution is -2.15. The van der Waals surface area contributed by atoms with E-state index in [1.165, 1.54) is 30.8 Å². The van der Waals surface area contributed by atoms with E-state index in [2.05, 4.69) is 27.3 Å². The zero-order chi connectivity index (χ0) is 25.5. The molecule has 0 aliphatic rings. The van der Waals surface area contributed by atoms with Crippen molar-refractivity contribution in [3.8, 4) is 0 Å². The van der Waals surface area contributed by atoms with Gasteiger partial charge in [0.25, 0.3) is 0 Å². The summed E-state index contributed by atoms with van der Waals surface area (Å²) in [6.45, 7) is 8.54. The predicted octanol–water partition coefficient (Wildman–Crippen LogP) is 2.68. The van der Waals surface area contributed by atoms with E-state index in [1.807, 2.05) is 0 Å². The smallest absolute Gasteiger partial charge is 0.307 e. The number of halogens is 1. The van der Waals surface area contributed by atoms with Crippen LogP contribution in [0.4, 0.5) is 0 Å². The van der Waals surface area contributed by atoms with Gasteiger partial charge in [0, 0.05) is 6.61 Å². The summed E-state index contributed by atoms with van der Waals surface area (Å²) in [6.07, 6.45) is 5.23. The minimum Gasteiger partial charge on any atom is -0.469 e. The SMILES string of the molecule is COC(=O)CCOCCOCCOCCOCCOCCOCCOCCOCCCCCCI. The van der Waals surface area contributed by atoms with E-state index >= 15 is 0 Å². The molecule has 0 fully saturated rings. The summed E-state index contributed by atoms with van der Waals surface area (Å²) in [5.41, 5.74) is 0. The van der Waals surface area contributed by atoms with E-state index in [0.29, 0.717) is 99.1 Å². The summed E-state index contributed by atoms with van der Waals surface area (Å²) in [5.74, 6) is -0.279. The maximum atomic E-state index is 10.9.